The first-order chi connectivity index (χ1) is 9.15. The van der Waals surface area contributed by atoms with Crippen molar-refractivity contribution in [3.05, 3.63) is 29.8 Å². The van der Waals surface area contributed by atoms with Gasteiger partial charge in [0, 0.05) is 24.9 Å². The highest BCUT2D eigenvalue weighted by molar-refractivity contribution is 5.87. The number of carbonyl (C=O) groups is 1. The van der Waals surface area contributed by atoms with E-state index in [1.807, 2.05) is 24.0 Å². The predicted molar refractivity (Wildman–Crippen MR) is 71.6 cm³/mol. The normalized spacial score (nSPS) is 22.8. The number of nitrogens with zero attached hydrogens (tertiary/aromatic N) is 2. The minimum Gasteiger partial charge on any atom is -0.396 e. The molecule has 0 spiro atoms. The summed E-state index contributed by atoms with van der Waals surface area (Å²) in [5.74, 6) is -0.0582. The fourth-order valence-electron chi connectivity index (χ4n) is 2.37. The second-order valence-corrected chi connectivity index (χ2v) is 4.75. The zero-order chi connectivity index (χ0) is 13.8. The van der Waals surface area contributed by atoms with Crippen molar-refractivity contribution >= 4 is 11.6 Å². The van der Waals surface area contributed by atoms with Crippen LogP contribution in [0.2, 0.25) is 0 Å². The summed E-state index contributed by atoms with van der Waals surface area (Å²) >= 11 is 0. The second kappa shape index (κ2) is 5.72. The Morgan fingerprint density at radius 1 is 1.47 bits per heavy atom. The van der Waals surface area contributed by atoms with E-state index >= 15 is 0 Å². The molecule has 0 aliphatic carbocycles. The molecule has 0 bridgehead atoms. The fourth-order valence-corrected chi connectivity index (χ4v) is 2.37. The lowest BCUT2D eigenvalue weighted by molar-refractivity contribution is -0.124. The first-order valence-corrected chi connectivity index (χ1v) is 6.33. The predicted octanol–water partition coefficient (Wildman–Crippen LogP) is 0.634. The summed E-state index contributed by atoms with van der Waals surface area (Å²) in [6.45, 7) is 2.62. The topological polar surface area (TPSA) is 76.4 Å². The molecule has 19 heavy (non-hydrogen) atoms. The lowest BCUT2D eigenvalue weighted by atomic mass is 10.0. The van der Waals surface area contributed by atoms with Crippen LogP contribution in [0.4, 0.5) is 5.69 Å². The molecule has 2 unspecified atom stereocenters. The molecule has 5 heteroatoms. The molecule has 0 aromatic heterocycles. The summed E-state index contributed by atoms with van der Waals surface area (Å²) in [5, 5.41) is 20.8. The smallest absolute Gasteiger partial charge is 0.243 e. The zero-order valence-electron chi connectivity index (χ0n) is 10.8. The van der Waals surface area contributed by atoms with Crippen LogP contribution in [0.3, 0.4) is 0 Å². The number of aliphatic hydroxyl groups excluding tert-OH is 1. The highest BCUT2D eigenvalue weighted by atomic mass is 16.3. The van der Waals surface area contributed by atoms with Gasteiger partial charge in [-0.25, -0.2) is 0 Å². The van der Waals surface area contributed by atoms with Gasteiger partial charge in [0.15, 0.2) is 0 Å². The maximum atomic E-state index is 12.0. The second-order valence-electron chi connectivity index (χ2n) is 4.75. The van der Waals surface area contributed by atoms with Crippen LogP contribution in [-0.4, -0.2) is 36.2 Å². The van der Waals surface area contributed by atoms with Gasteiger partial charge in [-0.3, -0.25) is 4.79 Å². The molecule has 0 radical (unpaired) electrons. The van der Waals surface area contributed by atoms with E-state index < -0.39 is 0 Å². The Hall–Kier alpha value is -2.06. The average Bonchev–Trinajstić information content (AvgIpc) is 2.42. The lowest BCUT2D eigenvalue weighted by Gasteiger charge is -2.39. The van der Waals surface area contributed by atoms with Crippen molar-refractivity contribution in [2.75, 3.05) is 18.1 Å². The van der Waals surface area contributed by atoms with Crippen LogP contribution in [0.25, 0.3) is 0 Å². The molecule has 1 aromatic rings. The molecule has 1 aliphatic rings. The van der Waals surface area contributed by atoms with E-state index in [9.17, 15) is 4.79 Å². The van der Waals surface area contributed by atoms with Gasteiger partial charge in [-0.1, -0.05) is 0 Å². The van der Waals surface area contributed by atoms with Crippen molar-refractivity contribution in [2.45, 2.75) is 25.4 Å². The summed E-state index contributed by atoms with van der Waals surface area (Å²) in [6.07, 6.45) is 0.401. The highest BCUT2D eigenvalue weighted by Gasteiger charge is 2.32. The van der Waals surface area contributed by atoms with E-state index in [2.05, 4.69) is 11.4 Å². The number of nitriles is 1. The molecule has 5 nitrogen and oxygen atoms in total. The largest absolute Gasteiger partial charge is 0.396 e. The number of hydrogen-bond donors (Lipinski definition) is 2. The minimum absolute atomic E-state index is 0.0285. The maximum absolute atomic E-state index is 12.0. The summed E-state index contributed by atoms with van der Waals surface area (Å²) in [5.41, 5.74) is 1.50. The van der Waals surface area contributed by atoms with E-state index in [1.165, 1.54) is 0 Å². The number of hydrogen-bond acceptors (Lipinski definition) is 4. The van der Waals surface area contributed by atoms with Gasteiger partial charge in [-0.05, 0) is 37.6 Å². The Labute approximate surface area is 112 Å². The minimum atomic E-state index is -0.353. The summed E-state index contributed by atoms with van der Waals surface area (Å²) in [4.78, 5) is 14.0. The molecule has 100 valence electrons. The van der Waals surface area contributed by atoms with Crippen molar-refractivity contribution in [1.29, 1.82) is 5.26 Å². The monoisotopic (exact) mass is 259 g/mol. The molecule has 1 aromatic carbocycles. The molecule has 2 N–H and O–H groups in total. The summed E-state index contributed by atoms with van der Waals surface area (Å²) in [6, 6.07) is 8.95. The van der Waals surface area contributed by atoms with Crippen molar-refractivity contribution < 1.29 is 9.90 Å². The summed E-state index contributed by atoms with van der Waals surface area (Å²) < 4.78 is 0. The molecular formula is C14H17N3O2. The fraction of sp³-hybridized carbons (Fsp3) is 0.429. The van der Waals surface area contributed by atoms with E-state index in [0.717, 1.165) is 5.69 Å². The molecule has 1 fully saturated rings. The number of amides is 1. The number of rotatable bonds is 3. The van der Waals surface area contributed by atoms with E-state index in [1.54, 1.807) is 12.1 Å². The van der Waals surface area contributed by atoms with Crippen LogP contribution < -0.4 is 10.2 Å². The molecule has 1 aliphatic heterocycles. The van der Waals surface area contributed by atoms with E-state index in [0.29, 0.717) is 18.5 Å². The third-order valence-corrected chi connectivity index (χ3v) is 3.27. The van der Waals surface area contributed by atoms with Gasteiger partial charge in [-0.15, -0.1) is 0 Å². The Morgan fingerprint density at radius 2 is 2.16 bits per heavy atom. The molecule has 1 heterocycles. The van der Waals surface area contributed by atoms with Gasteiger partial charge in [-0.2, -0.15) is 5.26 Å². The van der Waals surface area contributed by atoms with Crippen LogP contribution in [-0.2, 0) is 4.79 Å². The third kappa shape index (κ3) is 2.85. The zero-order valence-corrected chi connectivity index (χ0v) is 10.8. The van der Waals surface area contributed by atoms with Crippen LogP contribution >= 0.6 is 0 Å². The molecule has 2 atom stereocenters. The number of carbonyl (C=O) groups excluding carboxylic acids is 1. The number of piperazine rings is 1. The Balaban J connectivity index is 2.27. The average molecular weight is 259 g/mol. The van der Waals surface area contributed by atoms with Gasteiger partial charge in [0.25, 0.3) is 0 Å². The molecule has 2 rings (SSSR count). The first kappa shape index (κ1) is 13.4. The van der Waals surface area contributed by atoms with Gasteiger partial charge < -0.3 is 15.3 Å². The van der Waals surface area contributed by atoms with E-state index in [-0.39, 0.29) is 24.6 Å². The quantitative estimate of drug-likeness (QED) is 0.835. The number of aliphatic hydroxyl groups is 1. The molecule has 1 saturated heterocycles. The number of nitrogens with one attached hydrogen (secondary N) is 1. The lowest BCUT2D eigenvalue weighted by Crippen LogP contribution is -2.59. The number of benzene rings is 1. The van der Waals surface area contributed by atoms with E-state index in [4.69, 9.17) is 10.4 Å². The SMILES string of the molecule is CC1CN(c2ccc(C#N)cc2)C(CCO)C(=O)N1. The Bertz CT molecular complexity index is 492. The number of anilines is 1. The highest BCUT2D eigenvalue weighted by Crippen LogP contribution is 2.22. The van der Waals surface area contributed by atoms with Gasteiger partial charge in [0.05, 0.1) is 11.6 Å². The third-order valence-electron chi connectivity index (χ3n) is 3.27. The van der Waals surface area contributed by atoms with Gasteiger partial charge >= 0.3 is 0 Å². The summed E-state index contributed by atoms with van der Waals surface area (Å²) in [7, 11) is 0. The molecule has 0 saturated carbocycles. The van der Waals surface area contributed by atoms with Crippen LogP contribution in [0, 0.1) is 11.3 Å². The van der Waals surface area contributed by atoms with Crippen LogP contribution in [0.15, 0.2) is 24.3 Å². The maximum Gasteiger partial charge on any atom is 0.243 e. The van der Waals surface area contributed by atoms with Crippen LogP contribution in [0.1, 0.15) is 18.9 Å². The molecule has 1 amide bonds. The van der Waals surface area contributed by atoms with Gasteiger partial charge in [0.1, 0.15) is 6.04 Å². The van der Waals surface area contributed by atoms with Gasteiger partial charge in [0.2, 0.25) is 5.91 Å². The van der Waals surface area contributed by atoms with Crippen molar-refractivity contribution in [2.24, 2.45) is 0 Å². The van der Waals surface area contributed by atoms with Crippen LogP contribution in [0.5, 0.6) is 0 Å². The standard InChI is InChI=1S/C14H17N3O2/c1-10-9-17(13(6-7-18)14(19)16-10)12-4-2-11(8-15)3-5-12/h2-5,10,13,18H,6-7,9H2,1H3,(H,16,19). The first-order valence-electron chi connectivity index (χ1n) is 6.33. The van der Waals surface area contributed by atoms with Crippen molar-refractivity contribution in [3.63, 3.8) is 0 Å². The van der Waals surface area contributed by atoms with Crippen molar-refractivity contribution in [1.82, 2.24) is 5.32 Å². The molecular weight excluding hydrogens is 242 g/mol. The Morgan fingerprint density at radius 3 is 2.74 bits per heavy atom. The Kier molecular flexibility index (Phi) is 4.03. The van der Waals surface area contributed by atoms with Crippen molar-refractivity contribution in [3.8, 4) is 6.07 Å².